The van der Waals surface area contributed by atoms with Crippen LogP contribution in [0.5, 0.6) is 5.75 Å². The number of hydrogen-bond donors (Lipinski definition) is 0. The number of carbonyl (C=O) groups excluding carboxylic acids is 1. The molecule has 0 radical (unpaired) electrons. The average molecular weight is 732 g/mol. The molecule has 0 bridgehead atoms. The Kier molecular flexibility index (Phi) is 8.71. The lowest BCUT2D eigenvalue weighted by atomic mass is 9.95. The smallest absolute Gasteiger partial charge is 0.338 e. The van der Waals surface area contributed by atoms with Crippen molar-refractivity contribution in [1.29, 1.82) is 0 Å². The number of fused-ring (bicyclic) bond motifs is 2. The summed E-state index contributed by atoms with van der Waals surface area (Å²) in [5.74, 6) is 0.200. The standard InChI is InChI=1S/C35H28Br2N2O4S/c1-4-42-34(41)30-21(3)38-35-39(31(30)24-14-12-20(2)13-15-24)33(40)29(44-35)18-22-16-27(36)32(28(37)17-22)43-19-25-10-7-9-23-8-5-6-11-26(23)25/h5-18,31H,4,19H2,1-3H3/b29-18+/t31-/m0/s1. The number of carbonyl (C=O) groups is 1. The summed E-state index contributed by atoms with van der Waals surface area (Å²) in [6, 6.07) is 25.5. The number of aromatic nitrogens is 1. The molecule has 0 fully saturated rings. The minimum absolute atomic E-state index is 0.225. The molecule has 5 aromatic rings. The van der Waals surface area contributed by atoms with E-state index in [1.807, 2.05) is 67.6 Å². The van der Waals surface area contributed by atoms with Crippen LogP contribution >= 0.6 is 43.2 Å². The third-order valence-corrected chi connectivity index (χ3v) is 9.64. The topological polar surface area (TPSA) is 69.9 Å². The molecule has 0 saturated carbocycles. The molecule has 1 aliphatic rings. The summed E-state index contributed by atoms with van der Waals surface area (Å²) in [4.78, 5) is 32.3. The third kappa shape index (κ3) is 5.84. The molecule has 0 aliphatic carbocycles. The molecule has 1 aliphatic heterocycles. The van der Waals surface area contributed by atoms with Crippen LogP contribution < -0.4 is 19.6 Å². The Hall–Kier alpha value is -3.79. The number of esters is 1. The molecule has 1 aromatic heterocycles. The number of benzene rings is 4. The van der Waals surface area contributed by atoms with Crippen LogP contribution in [0.3, 0.4) is 0 Å². The van der Waals surface area contributed by atoms with Crippen molar-refractivity contribution in [3.05, 3.63) is 141 Å². The van der Waals surface area contributed by atoms with Gasteiger partial charge in [0, 0.05) is 0 Å². The number of aryl methyl sites for hydroxylation is 1. The van der Waals surface area contributed by atoms with Gasteiger partial charge in [-0.3, -0.25) is 9.36 Å². The fourth-order valence-corrected chi connectivity index (χ4v) is 7.87. The highest BCUT2D eigenvalue weighted by atomic mass is 79.9. The second-order valence-electron chi connectivity index (χ2n) is 10.5. The first-order chi connectivity index (χ1) is 21.2. The van der Waals surface area contributed by atoms with Crippen molar-refractivity contribution in [2.45, 2.75) is 33.4 Å². The summed E-state index contributed by atoms with van der Waals surface area (Å²) >= 11 is 8.64. The van der Waals surface area contributed by atoms with Gasteiger partial charge < -0.3 is 9.47 Å². The SMILES string of the molecule is CCOC(=O)C1=C(C)N=c2s/c(=C/c3cc(Br)c(OCc4cccc5ccccc45)c(Br)c3)c(=O)n2[C@H]1c1ccc(C)cc1. The van der Waals surface area contributed by atoms with E-state index in [0.717, 1.165) is 42.0 Å². The van der Waals surface area contributed by atoms with Gasteiger partial charge in [0.25, 0.3) is 5.56 Å². The normalized spacial score (nSPS) is 14.8. The second-order valence-corrected chi connectivity index (χ2v) is 13.2. The first kappa shape index (κ1) is 30.2. The minimum Gasteiger partial charge on any atom is -0.487 e. The maximum atomic E-state index is 14.0. The summed E-state index contributed by atoms with van der Waals surface area (Å²) in [7, 11) is 0. The van der Waals surface area contributed by atoms with Crippen LogP contribution in [0.15, 0.2) is 109 Å². The summed E-state index contributed by atoms with van der Waals surface area (Å²) in [6.07, 6.45) is 1.84. The molecule has 6 rings (SSSR count). The Morgan fingerprint density at radius 3 is 2.43 bits per heavy atom. The van der Waals surface area contributed by atoms with E-state index >= 15 is 0 Å². The summed E-state index contributed by atoms with van der Waals surface area (Å²) in [5, 5.41) is 2.32. The molecule has 0 saturated heterocycles. The Balaban J connectivity index is 1.37. The molecule has 6 nitrogen and oxygen atoms in total. The van der Waals surface area contributed by atoms with Crippen molar-refractivity contribution in [2.75, 3.05) is 6.61 Å². The molecule has 4 aromatic carbocycles. The van der Waals surface area contributed by atoms with E-state index in [0.29, 0.717) is 33.0 Å². The number of halogens is 2. The summed E-state index contributed by atoms with van der Waals surface area (Å²) < 4.78 is 15.3. The lowest BCUT2D eigenvalue weighted by molar-refractivity contribution is -0.139. The van der Waals surface area contributed by atoms with E-state index in [-0.39, 0.29) is 12.2 Å². The zero-order valence-electron chi connectivity index (χ0n) is 24.3. The zero-order chi connectivity index (χ0) is 31.0. The molecule has 1 atom stereocenters. The van der Waals surface area contributed by atoms with Gasteiger partial charge in [-0.2, -0.15) is 0 Å². The lowest BCUT2D eigenvalue weighted by Crippen LogP contribution is -2.39. The molecule has 9 heteroatoms. The van der Waals surface area contributed by atoms with Crippen LogP contribution in [0.4, 0.5) is 0 Å². The second kappa shape index (κ2) is 12.7. The van der Waals surface area contributed by atoms with Crippen LogP contribution in [-0.2, 0) is 16.1 Å². The number of allylic oxidation sites excluding steroid dienone is 1. The van der Waals surface area contributed by atoms with Crippen LogP contribution in [0, 0.1) is 6.92 Å². The fourth-order valence-electron chi connectivity index (χ4n) is 5.38. The number of nitrogens with zero attached hydrogens (tertiary/aromatic N) is 2. The van der Waals surface area contributed by atoms with Gasteiger partial charge in [-0.25, -0.2) is 9.79 Å². The Labute approximate surface area is 275 Å². The van der Waals surface area contributed by atoms with Crippen LogP contribution in [0.1, 0.15) is 42.1 Å². The lowest BCUT2D eigenvalue weighted by Gasteiger charge is -2.24. The molecule has 2 heterocycles. The van der Waals surface area contributed by atoms with E-state index in [1.165, 1.54) is 11.3 Å². The van der Waals surface area contributed by atoms with Crippen molar-refractivity contribution in [2.24, 2.45) is 4.99 Å². The van der Waals surface area contributed by atoms with E-state index in [4.69, 9.17) is 9.47 Å². The monoisotopic (exact) mass is 730 g/mol. The highest BCUT2D eigenvalue weighted by Crippen LogP contribution is 2.36. The Bertz CT molecular complexity index is 2100. The Morgan fingerprint density at radius 2 is 1.70 bits per heavy atom. The van der Waals surface area contributed by atoms with Crippen molar-refractivity contribution in [3.8, 4) is 5.75 Å². The number of ether oxygens (including phenoxy) is 2. The maximum Gasteiger partial charge on any atom is 0.338 e. The highest BCUT2D eigenvalue weighted by molar-refractivity contribution is 9.11. The molecule has 222 valence electrons. The van der Waals surface area contributed by atoms with Gasteiger partial charge in [0.2, 0.25) is 0 Å². The van der Waals surface area contributed by atoms with E-state index < -0.39 is 12.0 Å². The van der Waals surface area contributed by atoms with Gasteiger partial charge in [0.15, 0.2) is 4.80 Å². The largest absolute Gasteiger partial charge is 0.487 e. The maximum absolute atomic E-state index is 14.0. The van der Waals surface area contributed by atoms with Gasteiger partial charge in [0.05, 0.1) is 37.4 Å². The average Bonchev–Trinajstić information content (AvgIpc) is 3.30. The van der Waals surface area contributed by atoms with Crippen molar-refractivity contribution in [1.82, 2.24) is 4.57 Å². The van der Waals surface area contributed by atoms with Crippen molar-refractivity contribution >= 4 is 66.0 Å². The Morgan fingerprint density at radius 1 is 1.00 bits per heavy atom. The van der Waals surface area contributed by atoms with Crippen molar-refractivity contribution < 1.29 is 14.3 Å². The van der Waals surface area contributed by atoms with Gasteiger partial charge in [-0.05, 0) is 98.3 Å². The predicted molar refractivity (Wildman–Crippen MR) is 182 cm³/mol. The van der Waals surface area contributed by atoms with Gasteiger partial charge in [0.1, 0.15) is 12.4 Å². The van der Waals surface area contributed by atoms with Crippen LogP contribution in [-0.4, -0.2) is 17.1 Å². The molecular weight excluding hydrogens is 704 g/mol. The van der Waals surface area contributed by atoms with Crippen LogP contribution in [0.2, 0.25) is 0 Å². The molecule has 44 heavy (non-hydrogen) atoms. The predicted octanol–water partition coefficient (Wildman–Crippen LogP) is 7.36. The third-order valence-electron chi connectivity index (χ3n) is 7.48. The van der Waals surface area contributed by atoms with Gasteiger partial charge in [-0.15, -0.1) is 0 Å². The number of rotatable bonds is 7. The van der Waals surface area contributed by atoms with E-state index in [9.17, 15) is 9.59 Å². The van der Waals surface area contributed by atoms with Crippen LogP contribution in [0.25, 0.3) is 16.8 Å². The van der Waals surface area contributed by atoms with E-state index in [2.05, 4.69) is 61.1 Å². The van der Waals surface area contributed by atoms with E-state index in [1.54, 1.807) is 18.4 Å². The summed E-state index contributed by atoms with van der Waals surface area (Å²) in [5.41, 5.74) is 4.48. The highest BCUT2D eigenvalue weighted by Gasteiger charge is 2.33. The number of thiazole rings is 1. The molecule has 0 N–H and O–H groups in total. The van der Waals surface area contributed by atoms with Gasteiger partial charge >= 0.3 is 5.97 Å². The quantitative estimate of drug-likeness (QED) is 0.164. The van der Waals surface area contributed by atoms with Crippen molar-refractivity contribution in [3.63, 3.8) is 0 Å². The minimum atomic E-state index is -0.642. The molecule has 0 unspecified atom stereocenters. The first-order valence-electron chi connectivity index (χ1n) is 14.1. The molecule has 0 amide bonds. The first-order valence-corrected chi connectivity index (χ1v) is 16.5. The molecular formula is C35H28Br2N2O4S. The fraction of sp³-hybridized carbons (Fsp3) is 0.171. The number of hydrogen-bond acceptors (Lipinski definition) is 6. The zero-order valence-corrected chi connectivity index (χ0v) is 28.3. The summed E-state index contributed by atoms with van der Waals surface area (Å²) in [6.45, 7) is 6.18. The molecule has 0 spiro atoms. The van der Waals surface area contributed by atoms with Gasteiger partial charge in [-0.1, -0.05) is 83.6 Å².